The lowest BCUT2D eigenvalue weighted by atomic mass is 10.1. The second-order valence-corrected chi connectivity index (χ2v) is 8.40. The quantitative estimate of drug-likeness (QED) is 0.689. The summed E-state index contributed by atoms with van der Waals surface area (Å²) >= 11 is 3.55. The molecule has 1 aromatic rings. The summed E-state index contributed by atoms with van der Waals surface area (Å²) in [6, 6.07) is 5.64. The van der Waals surface area contributed by atoms with Gasteiger partial charge in [0, 0.05) is 36.7 Å². The molecule has 2 rings (SSSR count). The number of carbonyl (C=O) groups excluding carboxylic acids is 2. The number of nitrogens with zero attached hydrogens (tertiary/aromatic N) is 2. The number of hydrogen-bond donors (Lipinski definition) is 0. The van der Waals surface area contributed by atoms with Crippen molar-refractivity contribution in [1.82, 2.24) is 9.80 Å². The molecule has 0 saturated carbocycles. The van der Waals surface area contributed by atoms with Gasteiger partial charge in [0.05, 0.1) is 12.7 Å². The van der Waals surface area contributed by atoms with Crippen LogP contribution in [-0.4, -0.2) is 60.2 Å². The van der Waals surface area contributed by atoms with Gasteiger partial charge in [0.15, 0.2) is 0 Å². The van der Waals surface area contributed by atoms with Gasteiger partial charge >= 0.3 is 12.1 Å². The maximum absolute atomic E-state index is 12.3. The number of amides is 1. The van der Waals surface area contributed by atoms with Crippen LogP contribution in [0.15, 0.2) is 22.7 Å². The van der Waals surface area contributed by atoms with E-state index in [2.05, 4.69) is 27.8 Å². The highest BCUT2D eigenvalue weighted by atomic mass is 79.9. The van der Waals surface area contributed by atoms with E-state index in [9.17, 15) is 9.59 Å². The topological polar surface area (TPSA) is 59.1 Å². The third kappa shape index (κ3) is 5.45. The van der Waals surface area contributed by atoms with Crippen molar-refractivity contribution in [2.45, 2.75) is 45.9 Å². The Labute approximate surface area is 163 Å². The van der Waals surface area contributed by atoms with Gasteiger partial charge in [0.25, 0.3) is 0 Å². The van der Waals surface area contributed by atoms with Crippen LogP contribution in [-0.2, 0) is 16.0 Å². The Bertz CT molecular complexity index is 672. The van der Waals surface area contributed by atoms with E-state index in [0.29, 0.717) is 25.2 Å². The molecule has 1 aliphatic heterocycles. The van der Waals surface area contributed by atoms with E-state index < -0.39 is 5.60 Å². The molecule has 1 saturated heterocycles. The molecule has 144 valence electrons. The predicted octanol–water partition coefficient (Wildman–Crippen LogP) is 3.68. The lowest BCUT2D eigenvalue weighted by molar-refractivity contribution is 0.00455. The molecule has 1 amide bonds. The zero-order chi connectivity index (χ0) is 19.5. The van der Waals surface area contributed by atoms with Crippen molar-refractivity contribution in [3.63, 3.8) is 0 Å². The minimum atomic E-state index is -0.489. The number of methoxy groups -OCH3 is 1. The van der Waals surface area contributed by atoms with E-state index in [4.69, 9.17) is 9.47 Å². The summed E-state index contributed by atoms with van der Waals surface area (Å²) in [5.41, 5.74) is 1.06. The molecule has 0 N–H and O–H groups in total. The van der Waals surface area contributed by atoms with E-state index >= 15 is 0 Å². The smallest absolute Gasteiger partial charge is 0.410 e. The zero-order valence-electron chi connectivity index (χ0n) is 16.0. The van der Waals surface area contributed by atoms with Crippen LogP contribution in [0, 0.1) is 0 Å². The van der Waals surface area contributed by atoms with Crippen LogP contribution in [0.3, 0.4) is 0 Å². The number of ether oxygens (including phenoxy) is 2. The minimum Gasteiger partial charge on any atom is -0.465 e. The van der Waals surface area contributed by atoms with Gasteiger partial charge in [-0.05, 0) is 51.5 Å². The first kappa shape index (κ1) is 20.7. The molecule has 1 aromatic carbocycles. The van der Waals surface area contributed by atoms with E-state index in [1.807, 2.05) is 32.9 Å². The summed E-state index contributed by atoms with van der Waals surface area (Å²) in [6.07, 6.45) is -0.266. The molecular weight excluding hydrogens is 400 g/mol. The Morgan fingerprint density at radius 2 is 1.96 bits per heavy atom. The maximum atomic E-state index is 12.3. The highest BCUT2D eigenvalue weighted by molar-refractivity contribution is 9.10. The second kappa shape index (κ2) is 8.39. The summed E-state index contributed by atoms with van der Waals surface area (Å²) in [7, 11) is 1.38. The number of carbonyl (C=O) groups is 2. The molecule has 1 aliphatic rings. The Kier molecular flexibility index (Phi) is 6.69. The molecule has 1 fully saturated rings. The van der Waals surface area contributed by atoms with Crippen molar-refractivity contribution in [3.05, 3.63) is 33.8 Å². The van der Waals surface area contributed by atoms with E-state index in [1.54, 1.807) is 11.0 Å². The van der Waals surface area contributed by atoms with Gasteiger partial charge in [-0.3, -0.25) is 4.90 Å². The molecule has 1 atom stereocenters. The number of rotatable bonds is 3. The lowest BCUT2D eigenvalue weighted by Crippen LogP contribution is -2.54. The maximum Gasteiger partial charge on any atom is 0.410 e. The van der Waals surface area contributed by atoms with Crippen molar-refractivity contribution in [2.24, 2.45) is 0 Å². The molecule has 0 aromatic heterocycles. The fraction of sp³-hybridized carbons (Fsp3) is 0.579. The molecule has 26 heavy (non-hydrogen) atoms. The third-order valence-electron chi connectivity index (χ3n) is 4.26. The van der Waals surface area contributed by atoms with Crippen LogP contribution in [0.1, 0.15) is 43.6 Å². The predicted molar refractivity (Wildman–Crippen MR) is 103 cm³/mol. The van der Waals surface area contributed by atoms with Gasteiger partial charge in [-0.25, -0.2) is 9.59 Å². The van der Waals surface area contributed by atoms with Crippen molar-refractivity contribution in [2.75, 3.05) is 26.7 Å². The van der Waals surface area contributed by atoms with Crippen molar-refractivity contribution in [1.29, 1.82) is 0 Å². The molecule has 0 bridgehead atoms. The Morgan fingerprint density at radius 1 is 1.27 bits per heavy atom. The largest absolute Gasteiger partial charge is 0.465 e. The lowest BCUT2D eigenvalue weighted by Gasteiger charge is -2.40. The van der Waals surface area contributed by atoms with Gasteiger partial charge in [-0.2, -0.15) is 0 Å². The molecule has 0 radical (unpaired) electrons. The van der Waals surface area contributed by atoms with Crippen LogP contribution in [0.25, 0.3) is 0 Å². The monoisotopic (exact) mass is 426 g/mol. The van der Waals surface area contributed by atoms with E-state index in [-0.39, 0.29) is 18.1 Å². The zero-order valence-corrected chi connectivity index (χ0v) is 17.6. The first-order chi connectivity index (χ1) is 12.1. The van der Waals surface area contributed by atoms with Gasteiger partial charge in [-0.1, -0.05) is 15.9 Å². The molecule has 1 heterocycles. The number of hydrogen-bond acceptors (Lipinski definition) is 5. The standard InChI is InChI=1S/C19H27BrN2O4/c1-13-11-22(18(24)26-19(2,3)4)9-8-21(13)12-15-10-14(17(23)25-5)6-7-16(15)20/h6-7,10,13H,8-9,11-12H2,1-5H3/t13-/m1/s1. The fourth-order valence-electron chi connectivity index (χ4n) is 2.88. The van der Waals surface area contributed by atoms with E-state index in [1.165, 1.54) is 7.11 Å². The van der Waals surface area contributed by atoms with Gasteiger partial charge in [0.2, 0.25) is 0 Å². The minimum absolute atomic E-state index is 0.185. The van der Waals surface area contributed by atoms with Gasteiger partial charge < -0.3 is 14.4 Å². The third-order valence-corrected chi connectivity index (χ3v) is 5.03. The van der Waals surface area contributed by atoms with Gasteiger partial charge in [-0.15, -0.1) is 0 Å². The normalized spacial score (nSPS) is 18.5. The average molecular weight is 427 g/mol. The fourth-order valence-corrected chi connectivity index (χ4v) is 3.25. The van der Waals surface area contributed by atoms with Crippen LogP contribution >= 0.6 is 15.9 Å². The van der Waals surface area contributed by atoms with Crippen molar-refractivity contribution >= 4 is 28.0 Å². The number of halogens is 1. The van der Waals surface area contributed by atoms with Gasteiger partial charge in [0.1, 0.15) is 5.60 Å². The highest BCUT2D eigenvalue weighted by Gasteiger charge is 2.30. The molecule has 0 unspecified atom stereocenters. The Balaban J connectivity index is 2.02. The Morgan fingerprint density at radius 3 is 2.54 bits per heavy atom. The number of esters is 1. The van der Waals surface area contributed by atoms with Crippen LogP contribution in [0.5, 0.6) is 0 Å². The van der Waals surface area contributed by atoms with Crippen molar-refractivity contribution in [3.8, 4) is 0 Å². The molecular formula is C19H27BrN2O4. The van der Waals surface area contributed by atoms with Crippen LogP contribution < -0.4 is 0 Å². The van der Waals surface area contributed by atoms with Crippen LogP contribution in [0.2, 0.25) is 0 Å². The summed E-state index contributed by atoms with van der Waals surface area (Å²) in [4.78, 5) is 28.1. The number of piperazine rings is 1. The van der Waals surface area contributed by atoms with Crippen molar-refractivity contribution < 1.29 is 19.1 Å². The molecule has 7 heteroatoms. The first-order valence-corrected chi connectivity index (χ1v) is 9.48. The summed E-state index contributed by atoms with van der Waals surface area (Å²) in [5, 5.41) is 0. The number of benzene rings is 1. The summed E-state index contributed by atoms with van der Waals surface area (Å²) < 4.78 is 11.2. The summed E-state index contributed by atoms with van der Waals surface area (Å²) in [6.45, 7) is 10.4. The summed E-state index contributed by atoms with van der Waals surface area (Å²) in [5.74, 6) is -0.346. The second-order valence-electron chi connectivity index (χ2n) is 7.54. The molecule has 6 nitrogen and oxygen atoms in total. The molecule has 0 spiro atoms. The highest BCUT2D eigenvalue weighted by Crippen LogP contribution is 2.23. The first-order valence-electron chi connectivity index (χ1n) is 8.69. The Hall–Kier alpha value is -1.60. The van der Waals surface area contributed by atoms with E-state index in [0.717, 1.165) is 16.6 Å². The SMILES string of the molecule is COC(=O)c1ccc(Br)c(CN2CCN(C(=O)OC(C)(C)C)C[C@H]2C)c1. The average Bonchev–Trinajstić information content (AvgIpc) is 2.56. The van der Waals surface area contributed by atoms with Crippen LogP contribution in [0.4, 0.5) is 4.79 Å². The molecule has 0 aliphatic carbocycles.